The fourth-order valence-corrected chi connectivity index (χ4v) is 5.67. The van der Waals surface area contributed by atoms with Gasteiger partial charge in [0.2, 0.25) is 0 Å². The molecule has 6 nitrogen and oxygen atoms in total. The lowest BCUT2D eigenvalue weighted by Crippen LogP contribution is -2.35. The third-order valence-electron chi connectivity index (χ3n) is 4.24. The minimum atomic E-state index is -3.30. The molecule has 1 aromatic rings. The van der Waals surface area contributed by atoms with Crippen LogP contribution in [0.15, 0.2) is 4.90 Å². The monoisotopic (exact) mass is 330 g/mol. The van der Waals surface area contributed by atoms with E-state index in [1.54, 1.807) is 0 Å². The summed E-state index contributed by atoms with van der Waals surface area (Å²) >= 11 is 1.15. The van der Waals surface area contributed by atoms with Crippen LogP contribution >= 0.6 is 11.5 Å². The molecule has 0 spiro atoms. The normalized spacial score (nSPS) is 21.6. The van der Waals surface area contributed by atoms with Crippen LogP contribution in [0.4, 0.5) is 10.8 Å². The molecule has 1 aliphatic carbocycles. The SMILES string of the molecule is CC(CNc1snc(N)c1S(=O)(=O)C1CC1)N1CCCC1. The molecule has 0 amide bonds. The molecule has 1 saturated heterocycles. The van der Waals surface area contributed by atoms with Crippen LogP contribution in [0.1, 0.15) is 32.6 Å². The number of nitrogens with two attached hydrogens (primary N) is 1. The molecule has 3 N–H and O–H groups in total. The van der Waals surface area contributed by atoms with Crippen molar-refractivity contribution in [3.05, 3.63) is 0 Å². The van der Waals surface area contributed by atoms with Gasteiger partial charge in [-0.05, 0) is 57.2 Å². The van der Waals surface area contributed by atoms with Crippen LogP contribution in [0, 0.1) is 0 Å². The van der Waals surface area contributed by atoms with Crippen LogP contribution in [-0.4, -0.2) is 48.6 Å². The molecule has 1 atom stereocenters. The quantitative estimate of drug-likeness (QED) is 0.823. The molecule has 3 rings (SSSR count). The first-order valence-corrected chi connectivity index (χ1v) is 9.79. The van der Waals surface area contributed by atoms with E-state index in [2.05, 4.69) is 21.5 Å². The van der Waals surface area contributed by atoms with E-state index in [0.717, 1.165) is 44.0 Å². The number of hydrogen-bond acceptors (Lipinski definition) is 7. The Bertz CT molecular complexity index is 604. The highest BCUT2D eigenvalue weighted by atomic mass is 32.2. The molecule has 8 heteroatoms. The van der Waals surface area contributed by atoms with E-state index in [4.69, 9.17) is 5.73 Å². The highest BCUT2D eigenvalue weighted by molar-refractivity contribution is 7.92. The lowest BCUT2D eigenvalue weighted by molar-refractivity contribution is 0.269. The number of nitrogens with one attached hydrogen (secondary N) is 1. The number of rotatable bonds is 6. The van der Waals surface area contributed by atoms with Gasteiger partial charge in [0.05, 0.1) is 5.25 Å². The van der Waals surface area contributed by atoms with Gasteiger partial charge in [0, 0.05) is 12.6 Å². The highest BCUT2D eigenvalue weighted by Crippen LogP contribution is 2.40. The van der Waals surface area contributed by atoms with Crippen molar-refractivity contribution in [2.45, 2.75) is 48.8 Å². The van der Waals surface area contributed by atoms with Crippen molar-refractivity contribution in [1.29, 1.82) is 0 Å². The molecule has 1 unspecified atom stereocenters. The standard InChI is InChI=1S/C13H22N4O2S2/c1-9(17-6-2-3-7-17)8-15-13-11(12(14)16-20-13)21(18,19)10-4-5-10/h9-10,15H,2-8H2,1H3,(H2,14,16). The van der Waals surface area contributed by atoms with Gasteiger partial charge in [-0.2, -0.15) is 4.37 Å². The first-order valence-electron chi connectivity index (χ1n) is 7.47. The van der Waals surface area contributed by atoms with Crippen molar-refractivity contribution >= 4 is 32.2 Å². The fraction of sp³-hybridized carbons (Fsp3) is 0.769. The van der Waals surface area contributed by atoms with Crippen LogP contribution in [0.2, 0.25) is 0 Å². The maximum absolute atomic E-state index is 12.4. The maximum atomic E-state index is 12.4. The molecule has 0 radical (unpaired) electrons. The number of sulfone groups is 1. The predicted octanol–water partition coefficient (Wildman–Crippen LogP) is 1.56. The minimum absolute atomic E-state index is 0.142. The Hall–Kier alpha value is -0.860. The number of likely N-dealkylation sites (tertiary alicyclic amines) is 1. The molecule has 1 aromatic heterocycles. The molecule has 1 saturated carbocycles. The fourth-order valence-electron chi connectivity index (χ4n) is 2.78. The lowest BCUT2D eigenvalue weighted by Gasteiger charge is -2.24. The Labute approximate surface area is 129 Å². The molecule has 2 heterocycles. The lowest BCUT2D eigenvalue weighted by atomic mass is 10.3. The third-order valence-corrected chi connectivity index (χ3v) is 7.52. The van der Waals surface area contributed by atoms with Crippen molar-refractivity contribution in [3.63, 3.8) is 0 Å². The second-order valence-corrected chi connectivity index (χ2v) is 8.88. The van der Waals surface area contributed by atoms with Crippen LogP contribution in [-0.2, 0) is 9.84 Å². The number of nitrogen functional groups attached to an aromatic ring is 1. The molecular weight excluding hydrogens is 308 g/mol. The topological polar surface area (TPSA) is 88.3 Å². The van der Waals surface area contributed by atoms with E-state index in [0.29, 0.717) is 11.0 Å². The van der Waals surface area contributed by atoms with Gasteiger partial charge < -0.3 is 11.1 Å². The molecule has 21 heavy (non-hydrogen) atoms. The second-order valence-electron chi connectivity index (χ2n) is 5.94. The molecule has 2 fully saturated rings. The minimum Gasteiger partial charge on any atom is -0.382 e. The van der Waals surface area contributed by atoms with Crippen molar-refractivity contribution in [2.24, 2.45) is 0 Å². The Morgan fingerprint density at radius 2 is 2.10 bits per heavy atom. The third kappa shape index (κ3) is 3.02. The van der Waals surface area contributed by atoms with Gasteiger partial charge in [0.25, 0.3) is 0 Å². The molecule has 0 aromatic carbocycles. The predicted molar refractivity (Wildman–Crippen MR) is 85.5 cm³/mol. The Morgan fingerprint density at radius 1 is 1.43 bits per heavy atom. The van der Waals surface area contributed by atoms with Gasteiger partial charge in [0.1, 0.15) is 9.90 Å². The summed E-state index contributed by atoms with van der Waals surface area (Å²) in [6, 6.07) is 0.382. The number of hydrogen-bond donors (Lipinski definition) is 2. The molecule has 118 valence electrons. The maximum Gasteiger partial charge on any atom is 0.187 e. The largest absolute Gasteiger partial charge is 0.382 e. The van der Waals surface area contributed by atoms with Crippen LogP contribution in [0.3, 0.4) is 0 Å². The summed E-state index contributed by atoms with van der Waals surface area (Å²) in [6.45, 7) is 5.13. The van der Waals surface area contributed by atoms with Crippen LogP contribution in [0.5, 0.6) is 0 Å². The summed E-state index contributed by atoms with van der Waals surface area (Å²) in [7, 11) is -3.30. The second kappa shape index (κ2) is 5.73. The van der Waals surface area contributed by atoms with Crippen LogP contribution in [0.25, 0.3) is 0 Å². The molecule has 0 bridgehead atoms. The average molecular weight is 330 g/mol. The van der Waals surface area contributed by atoms with E-state index >= 15 is 0 Å². The smallest absolute Gasteiger partial charge is 0.187 e. The number of nitrogens with zero attached hydrogens (tertiary/aromatic N) is 2. The Balaban J connectivity index is 1.71. The van der Waals surface area contributed by atoms with Crippen molar-refractivity contribution in [3.8, 4) is 0 Å². The average Bonchev–Trinajstić information content (AvgIpc) is 3.04. The van der Waals surface area contributed by atoms with Gasteiger partial charge in [0.15, 0.2) is 15.7 Å². The summed E-state index contributed by atoms with van der Waals surface area (Å²) in [5.41, 5.74) is 5.79. The summed E-state index contributed by atoms with van der Waals surface area (Å²) in [5.74, 6) is 0.142. The molecule has 1 aliphatic heterocycles. The zero-order valence-corrected chi connectivity index (χ0v) is 13.8. The number of anilines is 2. The molecule has 2 aliphatic rings. The van der Waals surface area contributed by atoms with E-state index in [9.17, 15) is 8.42 Å². The Kier molecular flexibility index (Phi) is 4.11. The Morgan fingerprint density at radius 3 is 2.71 bits per heavy atom. The van der Waals surface area contributed by atoms with E-state index in [1.807, 2.05) is 0 Å². The van der Waals surface area contributed by atoms with Gasteiger partial charge in [-0.15, -0.1) is 0 Å². The van der Waals surface area contributed by atoms with Crippen LogP contribution < -0.4 is 11.1 Å². The summed E-state index contributed by atoms with van der Waals surface area (Å²) in [5, 5.41) is 3.60. The van der Waals surface area contributed by atoms with Gasteiger partial charge in [-0.1, -0.05) is 0 Å². The zero-order chi connectivity index (χ0) is 15.0. The van der Waals surface area contributed by atoms with Crippen molar-refractivity contribution in [1.82, 2.24) is 9.27 Å². The summed E-state index contributed by atoms with van der Waals surface area (Å²) in [6.07, 6.45) is 3.97. The van der Waals surface area contributed by atoms with E-state index < -0.39 is 9.84 Å². The van der Waals surface area contributed by atoms with E-state index in [-0.39, 0.29) is 16.0 Å². The molecular formula is C13H22N4O2S2. The first-order chi connectivity index (χ1) is 10.00. The van der Waals surface area contributed by atoms with E-state index in [1.165, 1.54) is 12.8 Å². The summed E-state index contributed by atoms with van der Waals surface area (Å²) in [4.78, 5) is 2.65. The number of aromatic nitrogens is 1. The van der Waals surface area contributed by atoms with Gasteiger partial charge in [-0.25, -0.2) is 8.42 Å². The van der Waals surface area contributed by atoms with Crippen molar-refractivity contribution in [2.75, 3.05) is 30.7 Å². The van der Waals surface area contributed by atoms with Gasteiger partial charge in [-0.3, -0.25) is 4.90 Å². The van der Waals surface area contributed by atoms with Gasteiger partial charge >= 0.3 is 0 Å². The van der Waals surface area contributed by atoms with Crippen molar-refractivity contribution < 1.29 is 8.42 Å². The summed E-state index contributed by atoms with van der Waals surface area (Å²) < 4.78 is 28.9. The zero-order valence-electron chi connectivity index (χ0n) is 12.2. The highest BCUT2D eigenvalue weighted by Gasteiger charge is 2.40. The first kappa shape index (κ1) is 15.1.